The Labute approximate surface area is 119 Å². The summed E-state index contributed by atoms with van der Waals surface area (Å²) in [6.45, 7) is 1.58. The Balaban J connectivity index is 2.07. The van der Waals surface area contributed by atoms with Crippen LogP contribution in [0.4, 0.5) is 0 Å². The van der Waals surface area contributed by atoms with Crippen molar-refractivity contribution < 1.29 is 14.3 Å². The minimum atomic E-state index is -0.797. The second kappa shape index (κ2) is 6.24. The fraction of sp³-hybridized carbons (Fsp3) is 0.533. The second-order valence-electron chi connectivity index (χ2n) is 5.24. The van der Waals surface area contributed by atoms with E-state index >= 15 is 0 Å². The maximum atomic E-state index is 12.5. The van der Waals surface area contributed by atoms with Crippen molar-refractivity contribution in [2.45, 2.75) is 24.9 Å². The summed E-state index contributed by atoms with van der Waals surface area (Å²) in [6.07, 6.45) is 1.14. The molecular formula is C15H22N2O3. The van der Waals surface area contributed by atoms with E-state index in [1.807, 2.05) is 24.3 Å². The monoisotopic (exact) mass is 278 g/mol. The van der Waals surface area contributed by atoms with Crippen LogP contribution in [0.15, 0.2) is 24.3 Å². The Morgan fingerprint density at radius 2 is 2.05 bits per heavy atom. The van der Waals surface area contributed by atoms with E-state index in [-0.39, 0.29) is 5.91 Å². The summed E-state index contributed by atoms with van der Waals surface area (Å²) in [5.41, 5.74) is 6.40. The molecule has 110 valence electrons. The molecule has 1 aromatic carbocycles. The van der Waals surface area contributed by atoms with E-state index in [1.54, 1.807) is 19.1 Å². The molecule has 1 heterocycles. The lowest BCUT2D eigenvalue weighted by atomic mass is 9.89. The van der Waals surface area contributed by atoms with Crippen molar-refractivity contribution in [2.75, 3.05) is 27.4 Å². The third-order valence-corrected chi connectivity index (χ3v) is 3.76. The van der Waals surface area contributed by atoms with Gasteiger partial charge in [0.25, 0.3) is 0 Å². The van der Waals surface area contributed by atoms with E-state index in [4.69, 9.17) is 15.2 Å². The highest BCUT2D eigenvalue weighted by atomic mass is 16.5. The zero-order valence-electron chi connectivity index (χ0n) is 12.1. The number of carbonyl (C=O) groups excluding carboxylic acids is 1. The first-order valence-electron chi connectivity index (χ1n) is 6.81. The van der Waals surface area contributed by atoms with Gasteiger partial charge >= 0.3 is 0 Å². The van der Waals surface area contributed by atoms with Crippen LogP contribution in [-0.4, -0.2) is 43.7 Å². The predicted molar refractivity (Wildman–Crippen MR) is 76.4 cm³/mol. The molecule has 5 heteroatoms. The molecule has 1 aromatic rings. The normalized spacial score (nSPS) is 17.6. The van der Waals surface area contributed by atoms with Gasteiger partial charge in [-0.15, -0.1) is 0 Å². The summed E-state index contributed by atoms with van der Waals surface area (Å²) in [6, 6.07) is 7.69. The van der Waals surface area contributed by atoms with E-state index in [0.717, 1.165) is 11.3 Å². The lowest BCUT2D eigenvalue weighted by molar-refractivity contribution is -0.139. The van der Waals surface area contributed by atoms with Gasteiger partial charge in [0.15, 0.2) is 0 Å². The Hall–Kier alpha value is -1.59. The summed E-state index contributed by atoms with van der Waals surface area (Å²) in [5.74, 6) is 0.747. The van der Waals surface area contributed by atoms with Crippen LogP contribution in [0.3, 0.4) is 0 Å². The molecule has 0 unspecified atom stereocenters. The molecule has 5 nitrogen and oxygen atoms in total. The first-order valence-corrected chi connectivity index (χ1v) is 6.81. The van der Waals surface area contributed by atoms with Crippen LogP contribution in [0.1, 0.15) is 18.4 Å². The van der Waals surface area contributed by atoms with Gasteiger partial charge < -0.3 is 20.1 Å². The number of hydrogen-bond donors (Lipinski definition) is 1. The molecule has 0 spiro atoms. The lowest BCUT2D eigenvalue weighted by Crippen LogP contribution is -2.57. The number of methoxy groups -OCH3 is 1. The quantitative estimate of drug-likeness (QED) is 0.897. The van der Waals surface area contributed by atoms with Gasteiger partial charge in [0.1, 0.15) is 5.75 Å². The van der Waals surface area contributed by atoms with Crippen molar-refractivity contribution in [3.63, 3.8) is 0 Å². The summed E-state index contributed by atoms with van der Waals surface area (Å²) >= 11 is 0. The van der Waals surface area contributed by atoms with Crippen LogP contribution in [0.25, 0.3) is 0 Å². The predicted octanol–water partition coefficient (Wildman–Crippen LogP) is 1.16. The van der Waals surface area contributed by atoms with Crippen molar-refractivity contribution in [3.05, 3.63) is 29.8 Å². The Morgan fingerprint density at radius 3 is 2.70 bits per heavy atom. The smallest absolute Gasteiger partial charge is 0.242 e. The number of benzene rings is 1. The number of carbonyl (C=O) groups is 1. The van der Waals surface area contributed by atoms with Gasteiger partial charge in [-0.3, -0.25) is 4.79 Å². The van der Waals surface area contributed by atoms with E-state index < -0.39 is 5.54 Å². The highest BCUT2D eigenvalue weighted by Crippen LogP contribution is 2.23. The molecule has 0 radical (unpaired) electrons. The number of nitrogens with two attached hydrogens (primary N) is 1. The number of amides is 1. The van der Waals surface area contributed by atoms with Gasteiger partial charge in [-0.2, -0.15) is 0 Å². The molecule has 0 aromatic heterocycles. The average molecular weight is 278 g/mol. The van der Waals surface area contributed by atoms with Crippen molar-refractivity contribution in [1.82, 2.24) is 4.90 Å². The second-order valence-corrected chi connectivity index (χ2v) is 5.24. The maximum absolute atomic E-state index is 12.5. The molecular weight excluding hydrogens is 256 g/mol. The van der Waals surface area contributed by atoms with Crippen molar-refractivity contribution in [1.29, 1.82) is 0 Å². The zero-order chi connectivity index (χ0) is 14.6. The van der Waals surface area contributed by atoms with E-state index in [9.17, 15) is 4.79 Å². The van der Waals surface area contributed by atoms with Crippen molar-refractivity contribution in [2.24, 2.45) is 5.73 Å². The van der Waals surface area contributed by atoms with Gasteiger partial charge in [-0.05, 0) is 18.9 Å². The first-order chi connectivity index (χ1) is 9.57. The van der Waals surface area contributed by atoms with Crippen LogP contribution in [0, 0.1) is 0 Å². The molecule has 1 saturated heterocycles. The highest BCUT2D eigenvalue weighted by Gasteiger charge is 2.37. The number of ether oxygens (including phenoxy) is 2. The molecule has 1 aliphatic rings. The fourth-order valence-corrected chi connectivity index (χ4v) is 2.49. The Kier molecular flexibility index (Phi) is 4.62. The molecule has 0 saturated carbocycles. The number of rotatable bonds is 4. The molecule has 1 aliphatic heterocycles. The van der Waals surface area contributed by atoms with Crippen LogP contribution in [0.2, 0.25) is 0 Å². The Morgan fingerprint density at radius 1 is 1.40 bits per heavy atom. The molecule has 1 amide bonds. The number of para-hydroxylation sites is 1. The first kappa shape index (κ1) is 14.8. The summed E-state index contributed by atoms with van der Waals surface area (Å²) < 4.78 is 10.6. The SMILES string of the molecule is COc1ccccc1CN(C)C(=O)C1(N)CCOCC1. The minimum Gasteiger partial charge on any atom is -0.496 e. The van der Waals surface area contributed by atoms with E-state index in [1.165, 1.54) is 0 Å². The summed E-state index contributed by atoms with van der Waals surface area (Å²) in [7, 11) is 3.41. The molecule has 0 bridgehead atoms. The van der Waals surface area contributed by atoms with Gasteiger partial charge in [-0.1, -0.05) is 18.2 Å². The van der Waals surface area contributed by atoms with E-state index in [2.05, 4.69) is 0 Å². The molecule has 0 aliphatic carbocycles. The topological polar surface area (TPSA) is 64.8 Å². The standard InChI is InChI=1S/C15H22N2O3/c1-17(11-12-5-3-4-6-13(12)19-2)14(18)15(16)7-9-20-10-8-15/h3-6H,7-11,16H2,1-2H3. The van der Waals surface area contributed by atoms with Gasteiger partial charge in [0.05, 0.1) is 12.6 Å². The number of hydrogen-bond acceptors (Lipinski definition) is 4. The largest absolute Gasteiger partial charge is 0.496 e. The summed E-state index contributed by atoms with van der Waals surface area (Å²) in [4.78, 5) is 14.2. The zero-order valence-corrected chi connectivity index (χ0v) is 12.1. The van der Waals surface area contributed by atoms with Crippen LogP contribution < -0.4 is 10.5 Å². The lowest BCUT2D eigenvalue weighted by Gasteiger charge is -2.35. The molecule has 0 atom stereocenters. The molecule has 2 rings (SSSR count). The fourth-order valence-electron chi connectivity index (χ4n) is 2.49. The van der Waals surface area contributed by atoms with Gasteiger partial charge in [0.2, 0.25) is 5.91 Å². The third kappa shape index (κ3) is 3.11. The Bertz CT molecular complexity index is 470. The minimum absolute atomic E-state index is 0.0355. The molecule has 1 fully saturated rings. The van der Waals surface area contributed by atoms with Gasteiger partial charge in [-0.25, -0.2) is 0 Å². The van der Waals surface area contributed by atoms with Crippen LogP contribution in [-0.2, 0) is 16.1 Å². The molecule has 2 N–H and O–H groups in total. The number of likely N-dealkylation sites (N-methyl/N-ethyl adjacent to an activating group) is 1. The van der Waals surface area contributed by atoms with Gasteiger partial charge in [0, 0.05) is 32.4 Å². The molecule has 20 heavy (non-hydrogen) atoms. The average Bonchev–Trinajstić information content (AvgIpc) is 2.47. The maximum Gasteiger partial charge on any atom is 0.242 e. The van der Waals surface area contributed by atoms with Crippen molar-refractivity contribution >= 4 is 5.91 Å². The highest BCUT2D eigenvalue weighted by molar-refractivity contribution is 5.86. The third-order valence-electron chi connectivity index (χ3n) is 3.76. The van der Waals surface area contributed by atoms with E-state index in [0.29, 0.717) is 32.6 Å². The summed E-state index contributed by atoms with van der Waals surface area (Å²) in [5, 5.41) is 0. The number of nitrogens with zero attached hydrogens (tertiary/aromatic N) is 1. The van der Waals surface area contributed by atoms with Crippen LogP contribution >= 0.6 is 0 Å². The van der Waals surface area contributed by atoms with Crippen LogP contribution in [0.5, 0.6) is 5.75 Å². The van der Waals surface area contributed by atoms with Crippen molar-refractivity contribution in [3.8, 4) is 5.75 Å².